The van der Waals surface area contributed by atoms with E-state index in [1.165, 1.54) is 7.11 Å². The van der Waals surface area contributed by atoms with Gasteiger partial charge in [-0.1, -0.05) is 18.2 Å². The number of esters is 1. The van der Waals surface area contributed by atoms with E-state index < -0.39 is 30.6 Å². The Hall–Kier alpha value is -1.47. The van der Waals surface area contributed by atoms with E-state index in [4.69, 9.17) is 19.3 Å². The van der Waals surface area contributed by atoms with E-state index >= 15 is 0 Å². The van der Waals surface area contributed by atoms with Gasteiger partial charge in [-0.25, -0.2) is 4.79 Å². The van der Waals surface area contributed by atoms with E-state index in [0.717, 1.165) is 0 Å². The van der Waals surface area contributed by atoms with Gasteiger partial charge in [-0.3, -0.25) is 0 Å². The normalized spacial score (nSPS) is 30.3. The summed E-state index contributed by atoms with van der Waals surface area (Å²) < 4.78 is 15.4. The van der Waals surface area contributed by atoms with Gasteiger partial charge in [-0.2, -0.15) is 0 Å². The molecule has 104 valence electrons. The molecule has 1 aromatic carbocycles. The fourth-order valence-electron chi connectivity index (χ4n) is 1.93. The predicted molar refractivity (Wildman–Crippen MR) is 64.4 cm³/mol. The van der Waals surface area contributed by atoms with Gasteiger partial charge in [0.2, 0.25) is 0 Å². The molecular formula is C13H16O6. The molecule has 1 aliphatic rings. The van der Waals surface area contributed by atoms with Crippen molar-refractivity contribution in [2.45, 2.75) is 24.6 Å². The van der Waals surface area contributed by atoms with Gasteiger partial charge < -0.3 is 24.4 Å². The summed E-state index contributed by atoms with van der Waals surface area (Å²) in [6, 6.07) is 8.42. The highest BCUT2D eigenvalue weighted by atomic mass is 16.7. The molecule has 6 heteroatoms. The van der Waals surface area contributed by atoms with Crippen molar-refractivity contribution in [2.24, 2.45) is 0 Å². The SMILES string of the molecule is COC1O[C@H](CO)[C@@H](O)[C@@H]1OC(=O)c1ccccc1. The minimum atomic E-state index is -1.12. The quantitative estimate of drug-likeness (QED) is 0.744. The summed E-state index contributed by atoms with van der Waals surface area (Å²) >= 11 is 0. The molecular weight excluding hydrogens is 252 g/mol. The maximum Gasteiger partial charge on any atom is 0.338 e. The molecule has 1 aromatic rings. The molecule has 4 atom stereocenters. The highest BCUT2D eigenvalue weighted by Crippen LogP contribution is 2.25. The van der Waals surface area contributed by atoms with Crippen LogP contribution in [-0.2, 0) is 14.2 Å². The Labute approximate surface area is 110 Å². The summed E-state index contributed by atoms with van der Waals surface area (Å²) in [6.07, 6.45) is -3.80. The maximum atomic E-state index is 11.9. The van der Waals surface area contributed by atoms with Crippen molar-refractivity contribution >= 4 is 5.97 Å². The van der Waals surface area contributed by atoms with E-state index in [0.29, 0.717) is 5.56 Å². The van der Waals surface area contributed by atoms with Crippen LogP contribution in [0.25, 0.3) is 0 Å². The van der Waals surface area contributed by atoms with Crippen LogP contribution in [0.2, 0.25) is 0 Å². The van der Waals surface area contributed by atoms with E-state index in [9.17, 15) is 9.90 Å². The standard InChI is InChI=1S/C13H16O6/c1-17-13-11(10(15)9(7-14)18-13)19-12(16)8-5-3-2-4-6-8/h2-6,9-11,13-15H,7H2,1H3/t9-,10-,11+,13?/m1/s1. The van der Waals surface area contributed by atoms with Crippen molar-refractivity contribution in [3.8, 4) is 0 Å². The average molecular weight is 268 g/mol. The molecule has 19 heavy (non-hydrogen) atoms. The van der Waals surface area contributed by atoms with E-state index in [1.54, 1.807) is 30.3 Å². The van der Waals surface area contributed by atoms with Crippen molar-refractivity contribution in [3.63, 3.8) is 0 Å². The lowest BCUT2D eigenvalue weighted by atomic mass is 10.1. The molecule has 0 amide bonds. The molecule has 0 aliphatic carbocycles. The molecule has 1 unspecified atom stereocenters. The number of ether oxygens (including phenoxy) is 3. The zero-order chi connectivity index (χ0) is 13.8. The van der Waals surface area contributed by atoms with Gasteiger partial charge in [0.25, 0.3) is 0 Å². The Morgan fingerprint density at radius 1 is 1.37 bits per heavy atom. The Balaban J connectivity index is 2.07. The minimum Gasteiger partial charge on any atom is -0.450 e. The van der Waals surface area contributed by atoms with Crippen LogP contribution in [0.15, 0.2) is 30.3 Å². The van der Waals surface area contributed by atoms with E-state index in [2.05, 4.69) is 0 Å². The Kier molecular flexibility index (Phi) is 4.49. The van der Waals surface area contributed by atoms with Crippen molar-refractivity contribution in [1.29, 1.82) is 0 Å². The van der Waals surface area contributed by atoms with Gasteiger partial charge in [0, 0.05) is 7.11 Å². The zero-order valence-corrected chi connectivity index (χ0v) is 10.4. The summed E-state index contributed by atoms with van der Waals surface area (Å²) in [4.78, 5) is 11.9. The first-order chi connectivity index (χ1) is 9.17. The Bertz CT molecular complexity index is 418. The monoisotopic (exact) mass is 268 g/mol. The van der Waals surface area contributed by atoms with Crippen LogP contribution in [0.3, 0.4) is 0 Å². The maximum absolute atomic E-state index is 11.9. The van der Waals surface area contributed by atoms with E-state index in [-0.39, 0.29) is 6.61 Å². The molecule has 1 fully saturated rings. The van der Waals surface area contributed by atoms with Crippen LogP contribution >= 0.6 is 0 Å². The minimum absolute atomic E-state index is 0.372. The lowest BCUT2D eigenvalue weighted by Crippen LogP contribution is -2.38. The number of rotatable bonds is 4. The third kappa shape index (κ3) is 2.93. The second-order valence-electron chi connectivity index (χ2n) is 4.19. The molecule has 0 radical (unpaired) electrons. The summed E-state index contributed by atoms with van der Waals surface area (Å²) in [6.45, 7) is -0.375. The van der Waals surface area contributed by atoms with Crippen LogP contribution in [0.1, 0.15) is 10.4 Å². The van der Waals surface area contributed by atoms with Crippen LogP contribution in [0, 0.1) is 0 Å². The number of hydrogen-bond acceptors (Lipinski definition) is 6. The smallest absolute Gasteiger partial charge is 0.338 e. The third-order valence-electron chi connectivity index (χ3n) is 2.96. The fraction of sp³-hybridized carbons (Fsp3) is 0.462. The number of methoxy groups -OCH3 is 1. The molecule has 1 heterocycles. The van der Waals surface area contributed by atoms with Gasteiger partial charge in [0.1, 0.15) is 12.2 Å². The largest absolute Gasteiger partial charge is 0.450 e. The first-order valence-corrected chi connectivity index (χ1v) is 5.90. The summed E-state index contributed by atoms with van der Waals surface area (Å²) in [5.41, 5.74) is 0.372. The number of aliphatic hydroxyl groups excluding tert-OH is 2. The first kappa shape index (κ1) is 14.0. The predicted octanol–water partition coefficient (Wildman–Crippen LogP) is -0.0635. The van der Waals surface area contributed by atoms with Crippen LogP contribution in [-0.4, -0.2) is 54.5 Å². The first-order valence-electron chi connectivity index (χ1n) is 5.90. The van der Waals surface area contributed by atoms with Crippen molar-refractivity contribution in [2.75, 3.05) is 13.7 Å². The lowest BCUT2D eigenvalue weighted by molar-refractivity contribution is -0.154. The molecule has 1 saturated heterocycles. The molecule has 2 N–H and O–H groups in total. The van der Waals surface area contributed by atoms with Gasteiger partial charge in [-0.05, 0) is 12.1 Å². The number of benzene rings is 1. The van der Waals surface area contributed by atoms with Crippen molar-refractivity contribution in [1.82, 2.24) is 0 Å². The van der Waals surface area contributed by atoms with Crippen molar-refractivity contribution in [3.05, 3.63) is 35.9 Å². The second-order valence-corrected chi connectivity index (χ2v) is 4.19. The zero-order valence-electron chi connectivity index (χ0n) is 10.4. The molecule has 0 spiro atoms. The highest BCUT2D eigenvalue weighted by Gasteiger charge is 2.46. The van der Waals surface area contributed by atoms with E-state index in [1.807, 2.05) is 0 Å². The Morgan fingerprint density at radius 2 is 2.05 bits per heavy atom. The van der Waals surface area contributed by atoms with Gasteiger partial charge in [0.05, 0.1) is 12.2 Å². The molecule has 0 bridgehead atoms. The van der Waals surface area contributed by atoms with Crippen LogP contribution < -0.4 is 0 Å². The molecule has 0 aromatic heterocycles. The van der Waals surface area contributed by atoms with Gasteiger partial charge in [-0.15, -0.1) is 0 Å². The van der Waals surface area contributed by atoms with Gasteiger partial charge >= 0.3 is 5.97 Å². The summed E-state index contributed by atoms with van der Waals surface area (Å²) in [5.74, 6) is -0.575. The molecule has 2 rings (SSSR count). The fourth-order valence-corrected chi connectivity index (χ4v) is 1.93. The van der Waals surface area contributed by atoms with Gasteiger partial charge in [0.15, 0.2) is 12.4 Å². The van der Waals surface area contributed by atoms with Crippen LogP contribution in [0.4, 0.5) is 0 Å². The second kappa shape index (κ2) is 6.12. The van der Waals surface area contributed by atoms with Crippen LogP contribution in [0.5, 0.6) is 0 Å². The number of carbonyl (C=O) groups is 1. The Morgan fingerprint density at radius 3 is 2.63 bits per heavy atom. The number of carbonyl (C=O) groups excluding carboxylic acids is 1. The molecule has 1 aliphatic heterocycles. The van der Waals surface area contributed by atoms with Crippen molar-refractivity contribution < 1.29 is 29.2 Å². The average Bonchev–Trinajstić information content (AvgIpc) is 2.76. The third-order valence-corrected chi connectivity index (χ3v) is 2.96. The molecule has 6 nitrogen and oxygen atoms in total. The number of aliphatic hydroxyl groups is 2. The lowest BCUT2D eigenvalue weighted by Gasteiger charge is -2.19. The summed E-state index contributed by atoms with van der Waals surface area (Å²) in [7, 11) is 1.38. The topological polar surface area (TPSA) is 85.2 Å². The number of hydrogen-bond donors (Lipinski definition) is 2. The highest BCUT2D eigenvalue weighted by molar-refractivity contribution is 5.89. The summed E-state index contributed by atoms with van der Waals surface area (Å²) in [5, 5.41) is 18.9. The molecule has 0 saturated carbocycles.